The van der Waals surface area contributed by atoms with Gasteiger partial charge < -0.3 is 11.1 Å². The van der Waals surface area contributed by atoms with Crippen molar-refractivity contribution in [3.8, 4) is 0 Å². The van der Waals surface area contributed by atoms with E-state index in [1.165, 1.54) is 6.07 Å². The first-order valence-electron chi connectivity index (χ1n) is 5.05. The second-order valence-electron chi connectivity index (χ2n) is 3.57. The van der Waals surface area contributed by atoms with Gasteiger partial charge in [0.25, 0.3) is 0 Å². The number of anilines is 1. The van der Waals surface area contributed by atoms with Gasteiger partial charge in [-0.1, -0.05) is 24.4 Å². The van der Waals surface area contributed by atoms with Crippen molar-refractivity contribution < 1.29 is 18.0 Å². The molecular weight excluding hydrogens is 265 g/mol. The number of alkyl halides is 3. The third-order valence-corrected chi connectivity index (χ3v) is 2.32. The number of halogens is 3. The summed E-state index contributed by atoms with van der Waals surface area (Å²) in [4.78, 5) is 11.4. The predicted octanol–water partition coefficient (Wildman–Crippen LogP) is 2.60. The van der Waals surface area contributed by atoms with Gasteiger partial charge in [0.15, 0.2) is 0 Å². The van der Waals surface area contributed by atoms with Gasteiger partial charge in [-0.15, -0.1) is 0 Å². The number of amides is 1. The van der Waals surface area contributed by atoms with Crippen LogP contribution >= 0.6 is 12.2 Å². The molecule has 1 rings (SSSR count). The van der Waals surface area contributed by atoms with Crippen LogP contribution in [0.25, 0.3) is 0 Å². The van der Waals surface area contributed by atoms with Crippen LogP contribution in [-0.4, -0.2) is 17.1 Å². The molecule has 1 aromatic rings. The number of carbonyl (C=O) groups is 1. The first kappa shape index (κ1) is 14.4. The number of carbonyl (C=O) groups excluding carboxylic acids is 1. The van der Waals surface area contributed by atoms with Crippen molar-refractivity contribution in [1.82, 2.24) is 0 Å². The zero-order valence-corrected chi connectivity index (χ0v) is 10.1. The molecule has 18 heavy (non-hydrogen) atoms. The summed E-state index contributed by atoms with van der Waals surface area (Å²) < 4.78 is 35.8. The Morgan fingerprint density at radius 3 is 2.50 bits per heavy atom. The van der Waals surface area contributed by atoms with Crippen LogP contribution in [0.3, 0.4) is 0 Å². The maximum absolute atomic E-state index is 11.9. The molecule has 0 saturated heterocycles. The van der Waals surface area contributed by atoms with E-state index < -0.39 is 24.9 Å². The molecule has 1 aromatic carbocycles. The minimum Gasteiger partial charge on any atom is -0.389 e. The smallest absolute Gasteiger partial charge is 0.389 e. The molecule has 0 aliphatic heterocycles. The van der Waals surface area contributed by atoms with Crippen molar-refractivity contribution in [2.24, 2.45) is 5.73 Å². The van der Waals surface area contributed by atoms with Crippen LogP contribution in [0, 0.1) is 0 Å². The molecule has 0 aliphatic carbocycles. The number of benzene rings is 1. The van der Waals surface area contributed by atoms with Gasteiger partial charge in [-0.05, 0) is 12.1 Å². The standard InChI is InChI=1S/C11H11F3N2OS/c12-11(13,14)6-5-9(17)16-8-4-2-1-3-7(8)10(15)18/h1-4H,5-6H2,(H2,15,18)(H,16,17). The topological polar surface area (TPSA) is 55.1 Å². The van der Waals surface area contributed by atoms with E-state index in [4.69, 9.17) is 18.0 Å². The summed E-state index contributed by atoms with van der Waals surface area (Å²) >= 11 is 4.77. The zero-order valence-electron chi connectivity index (χ0n) is 9.25. The SMILES string of the molecule is NC(=S)c1ccccc1NC(=O)CCC(F)(F)F. The predicted molar refractivity (Wildman–Crippen MR) is 66.2 cm³/mol. The van der Waals surface area contributed by atoms with Gasteiger partial charge in [0.05, 0.1) is 12.1 Å². The summed E-state index contributed by atoms with van der Waals surface area (Å²) in [5.74, 6) is -0.726. The second kappa shape index (κ2) is 5.81. The molecule has 98 valence electrons. The van der Waals surface area contributed by atoms with E-state index in [9.17, 15) is 18.0 Å². The number of thiocarbonyl (C=S) groups is 1. The van der Waals surface area contributed by atoms with E-state index in [1.54, 1.807) is 18.2 Å². The summed E-state index contributed by atoms with van der Waals surface area (Å²) in [6, 6.07) is 6.41. The van der Waals surface area contributed by atoms with Crippen molar-refractivity contribution in [2.45, 2.75) is 19.0 Å². The van der Waals surface area contributed by atoms with E-state index in [1.807, 2.05) is 0 Å². The van der Waals surface area contributed by atoms with Gasteiger partial charge in [0, 0.05) is 12.0 Å². The first-order chi connectivity index (χ1) is 8.29. The largest absolute Gasteiger partial charge is 0.389 e. The van der Waals surface area contributed by atoms with Gasteiger partial charge >= 0.3 is 6.18 Å². The molecule has 0 saturated carbocycles. The minimum atomic E-state index is -4.35. The normalized spacial score (nSPS) is 11.1. The van der Waals surface area contributed by atoms with Crippen LogP contribution in [0.5, 0.6) is 0 Å². The van der Waals surface area contributed by atoms with E-state index in [0.29, 0.717) is 11.3 Å². The summed E-state index contributed by atoms with van der Waals surface area (Å²) in [5, 5.41) is 2.36. The molecule has 0 bridgehead atoms. The molecule has 1 amide bonds. The lowest BCUT2D eigenvalue weighted by atomic mass is 10.1. The van der Waals surface area contributed by atoms with E-state index >= 15 is 0 Å². The molecule has 0 unspecified atom stereocenters. The average molecular weight is 276 g/mol. The van der Waals surface area contributed by atoms with E-state index in [0.717, 1.165) is 0 Å². The Morgan fingerprint density at radius 1 is 1.33 bits per heavy atom. The Bertz CT molecular complexity index is 460. The third kappa shape index (κ3) is 4.70. The number of para-hydroxylation sites is 1. The molecular formula is C11H11F3N2OS. The summed E-state index contributed by atoms with van der Waals surface area (Å²) in [6.45, 7) is 0. The van der Waals surface area contributed by atoms with Crippen LogP contribution in [-0.2, 0) is 4.79 Å². The third-order valence-electron chi connectivity index (χ3n) is 2.10. The molecule has 0 radical (unpaired) electrons. The van der Waals surface area contributed by atoms with Crippen LogP contribution in [0.4, 0.5) is 18.9 Å². The summed E-state index contributed by atoms with van der Waals surface area (Å²) in [6.07, 6.45) is -6.14. The van der Waals surface area contributed by atoms with Gasteiger partial charge in [0.2, 0.25) is 5.91 Å². The Balaban J connectivity index is 2.68. The van der Waals surface area contributed by atoms with Gasteiger partial charge in [0.1, 0.15) is 4.99 Å². The van der Waals surface area contributed by atoms with Crippen LogP contribution in [0.15, 0.2) is 24.3 Å². The fraction of sp³-hybridized carbons (Fsp3) is 0.273. The van der Waals surface area contributed by atoms with Crippen LogP contribution < -0.4 is 11.1 Å². The maximum Gasteiger partial charge on any atom is 0.389 e. The fourth-order valence-corrected chi connectivity index (χ4v) is 1.45. The molecule has 0 aliphatic rings. The Labute approximate surface area is 107 Å². The zero-order chi connectivity index (χ0) is 13.8. The quantitative estimate of drug-likeness (QED) is 0.831. The van der Waals surface area contributed by atoms with Crippen molar-refractivity contribution >= 4 is 28.8 Å². The minimum absolute atomic E-state index is 0.0710. The molecule has 0 heterocycles. The number of hydrogen-bond acceptors (Lipinski definition) is 2. The van der Waals surface area contributed by atoms with Gasteiger partial charge in [-0.3, -0.25) is 4.79 Å². The van der Waals surface area contributed by atoms with Crippen molar-refractivity contribution in [1.29, 1.82) is 0 Å². The van der Waals surface area contributed by atoms with E-state index in [-0.39, 0.29) is 4.99 Å². The van der Waals surface area contributed by atoms with Crippen LogP contribution in [0.2, 0.25) is 0 Å². The highest BCUT2D eigenvalue weighted by Gasteiger charge is 2.27. The highest BCUT2D eigenvalue weighted by Crippen LogP contribution is 2.22. The molecule has 0 aromatic heterocycles. The maximum atomic E-state index is 11.9. The lowest BCUT2D eigenvalue weighted by molar-refractivity contribution is -0.142. The number of hydrogen-bond donors (Lipinski definition) is 2. The average Bonchev–Trinajstić information content (AvgIpc) is 2.26. The van der Waals surface area contributed by atoms with Crippen molar-refractivity contribution in [3.05, 3.63) is 29.8 Å². The number of rotatable bonds is 4. The summed E-state index contributed by atoms with van der Waals surface area (Å²) in [5.41, 5.74) is 6.17. The fourth-order valence-electron chi connectivity index (χ4n) is 1.27. The Morgan fingerprint density at radius 2 is 1.94 bits per heavy atom. The first-order valence-corrected chi connectivity index (χ1v) is 5.46. The van der Waals surface area contributed by atoms with E-state index in [2.05, 4.69) is 5.32 Å². The van der Waals surface area contributed by atoms with Gasteiger partial charge in [-0.2, -0.15) is 13.2 Å². The molecule has 3 nitrogen and oxygen atoms in total. The Kier molecular flexibility index (Phi) is 4.66. The molecule has 0 fully saturated rings. The highest BCUT2D eigenvalue weighted by molar-refractivity contribution is 7.80. The van der Waals surface area contributed by atoms with Gasteiger partial charge in [-0.25, -0.2) is 0 Å². The molecule has 7 heteroatoms. The van der Waals surface area contributed by atoms with Crippen molar-refractivity contribution in [3.63, 3.8) is 0 Å². The number of nitrogens with one attached hydrogen (secondary N) is 1. The molecule has 0 spiro atoms. The second-order valence-corrected chi connectivity index (χ2v) is 4.01. The molecule has 0 atom stereocenters. The monoisotopic (exact) mass is 276 g/mol. The summed E-state index contributed by atoms with van der Waals surface area (Å²) in [7, 11) is 0. The number of nitrogens with two attached hydrogens (primary N) is 1. The molecule has 3 N–H and O–H groups in total. The lowest BCUT2D eigenvalue weighted by Gasteiger charge is -2.10. The van der Waals surface area contributed by atoms with Crippen LogP contribution in [0.1, 0.15) is 18.4 Å². The van der Waals surface area contributed by atoms with Crippen molar-refractivity contribution in [2.75, 3.05) is 5.32 Å². The lowest BCUT2D eigenvalue weighted by Crippen LogP contribution is -2.19. The Hall–Kier alpha value is -1.63. The highest BCUT2D eigenvalue weighted by atomic mass is 32.1.